The second-order valence-corrected chi connectivity index (χ2v) is 7.62. The third kappa shape index (κ3) is 5.36. The lowest BCUT2D eigenvalue weighted by Gasteiger charge is -2.36. The molecule has 10 heteroatoms. The Morgan fingerprint density at radius 2 is 1.53 bits per heavy atom. The second-order valence-electron chi connectivity index (χ2n) is 7.28. The zero-order chi connectivity index (χ0) is 22.5. The van der Waals surface area contributed by atoms with Crippen LogP contribution in [0.15, 0.2) is 48.5 Å². The topological polar surface area (TPSA) is 95.5 Å². The van der Waals surface area contributed by atoms with Crippen LogP contribution in [-0.2, 0) is 4.79 Å². The zero-order valence-electron chi connectivity index (χ0n) is 17.9. The number of hydrogen-bond acceptors (Lipinski definition) is 8. The Morgan fingerprint density at radius 3 is 2.16 bits per heavy atom. The van der Waals surface area contributed by atoms with Gasteiger partial charge in [-0.15, -0.1) is 0 Å². The quantitative estimate of drug-likeness (QED) is 0.585. The summed E-state index contributed by atoms with van der Waals surface area (Å²) in [4.78, 5) is 28.6. The minimum atomic E-state index is -0.119. The monoisotopic (exact) mass is 453 g/mol. The van der Waals surface area contributed by atoms with Gasteiger partial charge in [-0.25, -0.2) is 0 Å². The number of aromatic nitrogens is 3. The number of nitrogens with one attached hydrogen (secondary N) is 2. The molecule has 0 spiro atoms. The number of ether oxygens (including phenoxy) is 1. The average molecular weight is 454 g/mol. The molecule has 1 aliphatic heterocycles. The number of hydrogen-bond donors (Lipinski definition) is 2. The Balaban J connectivity index is 1.41. The van der Waals surface area contributed by atoms with E-state index >= 15 is 0 Å². The molecule has 1 aromatic heterocycles. The van der Waals surface area contributed by atoms with Gasteiger partial charge in [0.05, 0.1) is 7.11 Å². The molecule has 166 valence electrons. The number of nitrogens with zero attached hydrogens (tertiary/aromatic N) is 5. The highest BCUT2D eigenvalue weighted by atomic mass is 35.5. The van der Waals surface area contributed by atoms with E-state index in [0.717, 1.165) is 43.3 Å². The Morgan fingerprint density at radius 1 is 0.906 bits per heavy atom. The zero-order valence-corrected chi connectivity index (χ0v) is 18.6. The summed E-state index contributed by atoms with van der Waals surface area (Å²) in [5.41, 5.74) is 2.65. The van der Waals surface area contributed by atoms with E-state index in [0.29, 0.717) is 17.6 Å². The molecule has 1 amide bonds. The molecule has 1 saturated heterocycles. The summed E-state index contributed by atoms with van der Waals surface area (Å²) in [7, 11) is 1.66. The average Bonchev–Trinajstić information content (AvgIpc) is 2.80. The van der Waals surface area contributed by atoms with Crippen molar-refractivity contribution in [1.29, 1.82) is 0 Å². The van der Waals surface area contributed by atoms with Crippen molar-refractivity contribution < 1.29 is 9.53 Å². The summed E-state index contributed by atoms with van der Waals surface area (Å²) < 4.78 is 5.23. The van der Waals surface area contributed by atoms with Crippen LogP contribution in [0.5, 0.6) is 5.75 Å². The molecule has 0 unspecified atom stereocenters. The number of methoxy groups -OCH3 is 1. The molecule has 0 atom stereocenters. The maximum absolute atomic E-state index is 11.2. The summed E-state index contributed by atoms with van der Waals surface area (Å²) in [6, 6.07) is 15.3. The first-order chi connectivity index (χ1) is 15.5. The van der Waals surface area contributed by atoms with Gasteiger partial charge in [0.25, 0.3) is 0 Å². The number of rotatable bonds is 6. The van der Waals surface area contributed by atoms with E-state index in [1.165, 1.54) is 6.92 Å². The van der Waals surface area contributed by atoms with Crippen molar-refractivity contribution >= 4 is 46.5 Å². The molecule has 4 rings (SSSR count). The lowest BCUT2D eigenvalue weighted by Crippen LogP contribution is -2.47. The molecule has 1 fully saturated rings. The molecule has 0 bridgehead atoms. The Bertz CT molecular complexity index is 1070. The van der Waals surface area contributed by atoms with Crippen molar-refractivity contribution in [2.45, 2.75) is 6.92 Å². The lowest BCUT2D eigenvalue weighted by molar-refractivity contribution is -0.114. The molecule has 2 N–H and O–H groups in total. The van der Waals surface area contributed by atoms with Crippen LogP contribution in [-0.4, -0.2) is 54.1 Å². The van der Waals surface area contributed by atoms with Gasteiger partial charge in [0.2, 0.25) is 23.1 Å². The van der Waals surface area contributed by atoms with E-state index in [2.05, 4.69) is 47.5 Å². The molecule has 2 aromatic carbocycles. The number of carbonyl (C=O) groups excluding carboxylic acids is 1. The van der Waals surface area contributed by atoms with Gasteiger partial charge < -0.3 is 25.2 Å². The van der Waals surface area contributed by atoms with Crippen LogP contribution in [0.1, 0.15) is 6.92 Å². The van der Waals surface area contributed by atoms with Crippen LogP contribution >= 0.6 is 11.6 Å². The van der Waals surface area contributed by atoms with Gasteiger partial charge in [0.1, 0.15) is 5.75 Å². The van der Waals surface area contributed by atoms with Crippen LogP contribution in [0, 0.1) is 0 Å². The van der Waals surface area contributed by atoms with E-state index in [1.54, 1.807) is 19.2 Å². The summed E-state index contributed by atoms with van der Waals surface area (Å²) in [5, 5.41) is 6.00. The minimum absolute atomic E-state index is 0.119. The summed E-state index contributed by atoms with van der Waals surface area (Å²) in [6.07, 6.45) is 0. The smallest absolute Gasteiger partial charge is 0.233 e. The molecule has 2 heterocycles. The first-order valence-corrected chi connectivity index (χ1v) is 10.6. The van der Waals surface area contributed by atoms with Gasteiger partial charge in [-0.3, -0.25) is 4.79 Å². The van der Waals surface area contributed by atoms with E-state index in [4.69, 9.17) is 16.3 Å². The van der Waals surface area contributed by atoms with Crippen LogP contribution in [0.3, 0.4) is 0 Å². The fourth-order valence-electron chi connectivity index (χ4n) is 3.46. The lowest BCUT2D eigenvalue weighted by atomic mass is 10.2. The van der Waals surface area contributed by atoms with E-state index in [1.807, 2.05) is 24.3 Å². The van der Waals surface area contributed by atoms with Gasteiger partial charge >= 0.3 is 0 Å². The molecule has 0 saturated carbocycles. The molecule has 0 aliphatic carbocycles. The number of carbonyl (C=O) groups is 1. The predicted molar refractivity (Wildman–Crippen MR) is 126 cm³/mol. The van der Waals surface area contributed by atoms with E-state index in [9.17, 15) is 4.79 Å². The fraction of sp³-hybridized carbons (Fsp3) is 0.273. The minimum Gasteiger partial charge on any atom is -0.497 e. The van der Waals surface area contributed by atoms with Crippen molar-refractivity contribution in [3.05, 3.63) is 53.8 Å². The molecule has 0 radical (unpaired) electrons. The molecular weight excluding hydrogens is 430 g/mol. The third-order valence-corrected chi connectivity index (χ3v) is 5.23. The van der Waals surface area contributed by atoms with Crippen molar-refractivity contribution in [2.24, 2.45) is 0 Å². The summed E-state index contributed by atoms with van der Waals surface area (Å²) in [5.74, 6) is 1.63. The van der Waals surface area contributed by atoms with Gasteiger partial charge in [0.15, 0.2) is 0 Å². The van der Waals surface area contributed by atoms with E-state index < -0.39 is 0 Å². The first-order valence-electron chi connectivity index (χ1n) is 10.2. The van der Waals surface area contributed by atoms with Crippen LogP contribution in [0.2, 0.25) is 5.28 Å². The van der Waals surface area contributed by atoms with Gasteiger partial charge in [-0.1, -0.05) is 0 Å². The van der Waals surface area contributed by atoms with Gasteiger partial charge in [-0.2, -0.15) is 15.0 Å². The Hall–Kier alpha value is -3.59. The van der Waals surface area contributed by atoms with Crippen LogP contribution < -0.4 is 25.2 Å². The van der Waals surface area contributed by atoms with Crippen molar-refractivity contribution in [3.8, 4) is 5.75 Å². The maximum Gasteiger partial charge on any atom is 0.233 e. The maximum atomic E-state index is 11.2. The van der Waals surface area contributed by atoms with Crippen LogP contribution in [0.4, 0.5) is 29.0 Å². The van der Waals surface area contributed by atoms with Gasteiger partial charge in [-0.05, 0) is 60.1 Å². The second kappa shape index (κ2) is 9.69. The van der Waals surface area contributed by atoms with Crippen molar-refractivity contribution in [3.63, 3.8) is 0 Å². The highest BCUT2D eigenvalue weighted by Crippen LogP contribution is 2.23. The Kier molecular flexibility index (Phi) is 6.55. The number of anilines is 5. The molecule has 3 aromatic rings. The number of benzene rings is 2. The largest absolute Gasteiger partial charge is 0.497 e. The standard InChI is InChI=1S/C22H24ClN7O2/c1-15(31)24-16-3-5-17(6-4-16)25-21-26-20(23)27-22(28-21)30-13-11-29(12-14-30)18-7-9-19(32-2)10-8-18/h3-10H,11-14H2,1-2H3,(H,24,31)(H,25,26,27,28). The number of amides is 1. The SMILES string of the molecule is COc1ccc(N2CCN(c3nc(Cl)nc(Nc4ccc(NC(C)=O)cc4)n3)CC2)cc1. The van der Waals surface area contributed by atoms with Crippen molar-refractivity contribution in [2.75, 3.05) is 53.7 Å². The molecule has 1 aliphatic rings. The molecule has 32 heavy (non-hydrogen) atoms. The normalized spacial score (nSPS) is 13.6. The molecule has 9 nitrogen and oxygen atoms in total. The van der Waals surface area contributed by atoms with Gasteiger partial charge in [0, 0.05) is 50.2 Å². The fourth-order valence-corrected chi connectivity index (χ4v) is 3.62. The number of halogens is 1. The summed E-state index contributed by atoms with van der Waals surface area (Å²) >= 11 is 6.17. The number of piperazine rings is 1. The van der Waals surface area contributed by atoms with Crippen LogP contribution in [0.25, 0.3) is 0 Å². The highest BCUT2D eigenvalue weighted by molar-refractivity contribution is 6.28. The van der Waals surface area contributed by atoms with Crippen molar-refractivity contribution in [1.82, 2.24) is 15.0 Å². The predicted octanol–water partition coefficient (Wildman–Crippen LogP) is 3.56. The van der Waals surface area contributed by atoms with E-state index in [-0.39, 0.29) is 11.2 Å². The molecular formula is C22H24ClN7O2. The summed E-state index contributed by atoms with van der Waals surface area (Å²) in [6.45, 7) is 4.66. The Labute approximate surface area is 191 Å². The third-order valence-electron chi connectivity index (χ3n) is 5.06. The highest BCUT2D eigenvalue weighted by Gasteiger charge is 2.20. The first kappa shape index (κ1) is 21.6.